The topological polar surface area (TPSA) is 61.2 Å². The van der Waals surface area contributed by atoms with Crippen LogP contribution in [0.3, 0.4) is 0 Å². The third kappa shape index (κ3) is 1.01. The molecule has 0 aromatic carbocycles. The molecule has 1 aromatic heterocycles. The minimum Gasteiger partial charge on any atom is -0.373 e. The van der Waals surface area contributed by atoms with Crippen molar-refractivity contribution in [2.45, 2.75) is 0 Å². The largest absolute Gasteiger partial charge is 0.373 e. The van der Waals surface area contributed by atoms with Gasteiger partial charge in [0.1, 0.15) is 0 Å². The van der Waals surface area contributed by atoms with Crippen LogP contribution in [-0.2, 0) is 0 Å². The van der Waals surface area contributed by atoms with Gasteiger partial charge in [-0.05, 0) is 0 Å². The molecule has 0 atom stereocenters. The number of aromatic amines is 1. The van der Waals surface area contributed by atoms with E-state index >= 15 is 0 Å². The third-order valence-corrected chi connectivity index (χ3v) is 0.990. The first-order valence-corrected chi connectivity index (χ1v) is 2.57. The summed E-state index contributed by atoms with van der Waals surface area (Å²) < 4.78 is 0. The van der Waals surface area contributed by atoms with Crippen LogP contribution >= 0.6 is 0 Å². The van der Waals surface area contributed by atoms with E-state index in [4.69, 9.17) is 18.4 Å². The zero-order chi connectivity index (χ0) is 8.27. The minimum absolute atomic E-state index is 0.00185. The Morgan fingerprint density at radius 2 is 2.18 bits per heavy atom. The highest BCUT2D eigenvalue weighted by Gasteiger charge is 2.11. The molecular formula is C6HN5. The lowest BCUT2D eigenvalue weighted by molar-refractivity contribution is 1.24. The molecule has 0 bridgehead atoms. The fourth-order valence-corrected chi connectivity index (χ4v) is 0.564. The summed E-state index contributed by atoms with van der Waals surface area (Å²) in [4.78, 5) is 11.9. The Hall–Kier alpha value is -2.32. The van der Waals surface area contributed by atoms with Gasteiger partial charge in [0.05, 0.1) is 0 Å². The first-order valence-electron chi connectivity index (χ1n) is 2.57. The molecule has 1 rings (SSSR count). The smallest absolute Gasteiger partial charge is 0.373 e. The number of hydrogen-bond donors (Lipinski definition) is 1. The van der Waals surface area contributed by atoms with Crippen LogP contribution in [0.15, 0.2) is 0 Å². The monoisotopic (exact) mass is 143 g/mol. The highest BCUT2D eigenvalue weighted by molar-refractivity contribution is 5.62. The molecule has 5 nitrogen and oxygen atoms in total. The summed E-state index contributed by atoms with van der Waals surface area (Å²) in [6.07, 6.45) is 0. The number of hydrogen-bond acceptors (Lipinski definition) is 2. The van der Waals surface area contributed by atoms with Crippen LogP contribution in [-0.4, -0.2) is 9.97 Å². The molecule has 0 unspecified atom stereocenters. The second-order valence-electron chi connectivity index (χ2n) is 1.59. The van der Waals surface area contributed by atoms with Crippen molar-refractivity contribution in [3.8, 4) is 6.07 Å². The molecule has 0 fully saturated rings. The highest BCUT2D eigenvalue weighted by atomic mass is 15.1. The SMILES string of the molecule is [C-]#[N+]c1nc(C#N)[nH]c1[N+]#[C-]. The molecule has 0 spiro atoms. The van der Waals surface area contributed by atoms with E-state index < -0.39 is 0 Å². The van der Waals surface area contributed by atoms with Gasteiger partial charge in [0.25, 0.3) is 11.6 Å². The number of aromatic nitrogens is 2. The first-order chi connectivity index (χ1) is 5.31. The van der Waals surface area contributed by atoms with Gasteiger partial charge in [0, 0.05) is 0 Å². The Morgan fingerprint density at radius 3 is 2.55 bits per heavy atom. The summed E-state index contributed by atoms with van der Waals surface area (Å²) in [6, 6.07) is 1.70. The molecule has 11 heavy (non-hydrogen) atoms. The number of nitriles is 1. The van der Waals surface area contributed by atoms with Crippen LogP contribution in [0, 0.1) is 24.5 Å². The van der Waals surface area contributed by atoms with Crippen molar-refractivity contribution in [1.82, 2.24) is 9.97 Å². The van der Waals surface area contributed by atoms with E-state index in [2.05, 4.69) is 19.7 Å². The predicted molar refractivity (Wildman–Crippen MR) is 35.8 cm³/mol. The van der Waals surface area contributed by atoms with Gasteiger partial charge in [-0.1, -0.05) is 18.1 Å². The molecule has 0 amide bonds. The van der Waals surface area contributed by atoms with Gasteiger partial charge in [-0.3, -0.25) is 4.98 Å². The predicted octanol–water partition coefficient (Wildman–Crippen LogP) is 1.38. The van der Waals surface area contributed by atoms with Crippen LogP contribution in [0.2, 0.25) is 0 Å². The van der Waals surface area contributed by atoms with E-state index in [0.717, 1.165) is 0 Å². The number of nitrogens with one attached hydrogen (secondary N) is 1. The normalized spacial score (nSPS) is 7.73. The Balaban J connectivity index is 3.32. The van der Waals surface area contributed by atoms with E-state index in [1.54, 1.807) is 6.07 Å². The average molecular weight is 143 g/mol. The van der Waals surface area contributed by atoms with Crippen LogP contribution in [0.25, 0.3) is 9.69 Å². The zero-order valence-electron chi connectivity index (χ0n) is 5.29. The lowest BCUT2D eigenvalue weighted by Crippen LogP contribution is -1.71. The molecule has 0 aliphatic heterocycles. The number of nitrogens with zero attached hydrogens (tertiary/aromatic N) is 4. The Morgan fingerprint density at radius 1 is 1.45 bits per heavy atom. The summed E-state index contributed by atoms with van der Waals surface area (Å²) in [6.45, 7) is 13.1. The Labute approximate surface area is 62.6 Å². The molecule has 0 radical (unpaired) electrons. The maximum absolute atomic E-state index is 8.32. The van der Waals surface area contributed by atoms with Crippen molar-refractivity contribution < 1.29 is 0 Å². The van der Waals surface area contributed by atoms with Gasteiger partial charge in [-0.25, -0.2) is 0 Å². The summed E-state index contributed by atoms with van der Waals surface area (Å²) >= 11 is 0. The van der Waals surface area contributed by atoms with Gasteiger partial charge >= 0.3 is 5.82 Å². The second-order valence-corrected chi connectivity index (χ2v) is 1.59. The molecule has 0 aliphatic rings. The van der Waals surface area contributed by atoms with Crippen molar-refractivity contribution in [3.05, 3.63) is 28.7 Å². The van der Waals surface area contributed by atoms with Crippen molar-refractivity contribution in [2.24, 2.45) is 0 Å². The number of H-pyrrole nitrogens is 1. The first kappa shape index (κ1) is 6.80. The van der Waals surface area contributed by atoms with Crippen LogP contribution in [0.5, 0.6) is 0 Å². The van der Waals surface area contributed by atoms with E-state index in [-0.39, 0.29) is 17.5 Å². The van der Waals surface area contributed by atoms with Gasteiger partial charge in [-0.15, -0.1) is 0 Å². The van der Waals surface area contributed by atoms with Crippen LogP contribution in [0.4, 0.5) is 11.6 Å². The van der Waals surface area contributed by atoms with Gasteiger partial charge < -0.3 is 9.69 Å². The van der Waals surface area contributed by atoms with Gasteiger partial charge in [-0.2, -0.15) is 5.26 Å². The molecular weight excluding hydrogens is 142 g/mol. The molecule has 0 saturated heterocycles. The maximum Gasteiger partial charge on any atom is 0.373 e. The van der Waals surface area contributed by atoms with Crippen molar-refractivity contribution in [3.63, 3.8) is 0 Å². The standard InChI is InChI=1S/C6HN5/c1-8-5-6(9-2)11-4(3-7)10-5/h(H,10,11). The minimum atomic E-state index is -0.0449. The second kappa shape index (κ2) is 2.51. The molecule has 5 heteroatoms. The fraction of sp³-hybridized carbons (Fsp3) is 0. The summed E-state index contributed by atoms with van der Waals surface area (Å²) in [5.74, 6) is -0.0184. The van der Waals surface area contributed by atoms with Gasteiger partial charge in [0.15, 0.2) is 6.07 Å². The summed E-state index contributed by atoms with van der Waals surface area (Å²) in [7, 11) is 0. The lowest BCUT2D eigenvalue weighted by atomic mass is 10.7. The fourth-order valence-electron chi connectivity index (χ4n) is 0.564. The molecule has 0 aliphatic carbocycles. The Kier molecular flexibility index (Phi) is 1.55. The summed E-state index contributed by atoms with van der Waals surface area (Å²) in [5.41, 5.74) is 0. The highest BCUT2D eigenvalue weighted by Crippen LogP contribution is 2.23. The van der Waals surface area contributed by atoms with E-state index in [0.29, 0.717) is 0 Å². The quantitative estimate of drug-likeness (QED) is 0.557. The van der Waals surface area contributed by atoms with E-state index in [1.165, 1.54) is 0 Å². The van der Waals surface area contributed by atoms with Crippen molar-refractivity contribution in [1.29, 1.82) is 5.26 Å². The molecule has 50 valence electrons. The van der Waals surface area contributed by atoms with Crippen LogP contribution in [0.1, 0.15) is 5.82 Å². The molecule has 1 heterocycles. The maximum atomic E-state index is 8.32. The molecule has 1 N–H and O–H groups in total. The lowest BCUT2D eigenvalue weighted by Gasteiger charge is -1.78. The summed E-state index contributed by atoms with van der Waals surface area (Å²) in [5, 5.41) is 8.32. The molecule has 0 saturated carbocycles. The zero-order valence-corrected chi connectivity index (χ0v) is 5.29. The van der Waals surface area contributed by atoms with Crippen molar-refractivity contribution in [2.75, 3.05) is 0 Å². The van der Waals surface area contributed by atoms with Gasteiger partial charge in [0.2, 0.25) is 0 Å². The molecule has 1 aromatic rings. The van der Waals surface area contributed by atoms with Crippen LogP contribution < -0.4 is 0 Å². The number of rotatable bonds is 0. The van der Waals surface area contributed by atoms with E-state index in [9.17, 15) is 0 Å². The average Bonchev–Trinajstić information content (AvgIpc) is 2.46. The van der Waals surface area contributed by atoms with Crippen molar-refractivity contribution >= 4 is 11.6 Å². The number of imidazole rings is 1. The Bertz CT molecular complexity index is 363. The van der Waals surface area contributed by atoms with E-state index in [1.807, 2.05) is 0 Å². The third-order valence-electron chi connectivity index (χ3n) is 0.990.